The van der Waals surface area contributed by atoms with E-state index >= 15 is 0 Å². The number of aromatic nitrogens is 1. The molecule has 1 aromatic rings. The number of hydrogen-bond donors (Lipinski definition) is 1. The fourth-order valence-corrected chi connectivity index (χ4v) is 3.82. The predicted molar refractivity (Wildman–Crippen MR) is 78.0 cm³/mol. The maximum atomic E-state index is 4.46. The first-order valence-electron chi connectivity index (χ1n) is 7.63. The molecule has 1 N–H and O–H groups in total. The van der Waals surface area contributed by atoms with Crippen LogP contribution in [0, 0.1) is 0 Å². The quantitative estimate of drug-likeness (QED) is 0.904. The van der Waals surface area contributed by atoms with Crippen molar-refractivity contribution in [3.63, 3.8) is 0 Å². The van der Waals surface area contributed by atoms with Crippen molar-refractivity contribution in [2.24, 2.45) is 0 Å². The van der Waals surface area contributed by atoms with Gasteiger partial charge in [0.15, 0.2) is 0 Å². The molecule has 3 heterocycles. The highest BCUT2D eigenvalue weighted by Gasteiger charge is 2.36. The van der Waals surface area contributed by atoms with Gasteiger partial charge in [-0.2, -0.15) is 0 Å². The molecule has 3 unspecified atom stereocenters. The molecule has 0 radical (unpaired) electrons. The molecule has 0 aliphatic carbocycles. The van der Waals surface area contributed by atoms with Crippen LogP contribution in [-0.4, -0.2) is 35.1 Å². The second-order valence-corrected chi connectivity index (χ2v) is 6.22. The van der Waals surface area contributed by atoms with Crippen LogP contribution in [-0.2, 0) is 0 Å². The van der Waals surface area contributed by atoms with Crippen molar-refractivity contribution in [1.82, 2.24) is 15.2 Å². The predicted octanol–water partition coefficient (Wildman–Crippen LogP) is 2.75. The van der Waals surface area contributed by atoms with E-state index in [2.05, 4.69) is 41.3 Å². The van der Waals surface area contributed by atoms with Gasteiger partial charge in [0.2, 0.25) is 0 Å². The summed E-state index contributed by atoms with van der Waals surface area (Å²) in [5, 5.41) is 3.80. The van der Waals surface area contributed by atoms with E-state index in [1.165, 1.54) is 32.1 Å². The smallest absolute Gasteiger partial charge is 0.0570 e. The van der Waals surface area contributed by atoms with Crippen LogP contribution < -0.4 is 5.32 Å². The summed E-state index contributed by atoms with van der Waals surface area (Å²) in [4.78, 5) is 7.08. The molecule has 0 aromatic carbocycles. The summed E-state index contributed by atoms with van der Waals surface area (Å²) < 4.78 is 0. The van der Waals surface area contributed by atoms with Crippen LogP contribution in [0.15, 0.2) is 24.4 Å². The molecular weight excluding hydrogens is 234 g/mol. The van der Waals surface area contributed by atoms with Crippen LogP contribution in [0.1, 0.15) is 50.8 Å². The lowest BCUT2D eigenvalue weighted by Crippen LogP contribution is -2.54. The molecule has 19 heavy (non-hydrogen) atoms. The Bertz CT molecular complexity index is 392. The second-order valence-electron chi connectivity index (χ2n) is 6.22. The summed E-state index contributed by atoms with van der Waals surface area (Å²) in [5.41, 5.74) is 1.16. The lowest BCUT2D eigenvalue weighted by atomic mass is 9.82. The minimum absolute atomic E-state index is 0.357. The van der Waals surface area contributed by atoms with Crippen molar-refractivity contribution in [1.29, 1.82) is 0 Å². The van der Waals surface area contributed by atoms with E-state index in [0.29, 0.717) is 12.1 Å². The summed E-state index contributed by atoms with van der Waals surface area (Å²) in [6.45, 7) is 2.23. The van der Waals surface area contributed by atoms with Gasteiger partial charge in [-0.25, -0.2) is 0 Å². The fraction of sp³-hybridized carbons (Fsp3) is 0.688. The zero-order valence-electron chi connectivity index (χ0n) is 12.0. The molecule has 0 spiro atoms. The van der Waals surface area contributed by atoms with E-state index in [1.807, 2.05) is 12.3 Å². The monoisotopic (exact) mass is 259 g/mol. The Labute approximate surface area is 116 Å². The molecule has 3 nitrogen and oxygen atoms in total. The minimum Gasteiger partial charge on any atom is -0.306 e. The number of nitrogens with one attached hydrogen (secondary N) is 1. The fourth-order valence-electron chi connectivity index (χ4n) is 3.82. The van der Waals surface area contributed by atoms with E-state index in [0.717, 1.165) is 17.8 Å². The first-order chi connectivity index (χ1) is 9.24. The third-order valence-corrected chi connectivity index (χ3v) is 4.96. The summed E-state index contributed by atoms with van der Waals surface area (Å²) in [7, 11) is 2.31. The molecule has 2 aliphatic heterocycles. The van der Waals surface area contributed by atoms with Gasteiger partial charge in [0.1, 0.15) is 0 Å². The first-order valence-corrected chi connectivity index (χ1v) is 7.63. The SMILES string of the molecule is CC(NC1CC2CCCC(C1)N2C)c1ccccn1. The summed E-state index contributed by atoms with van der Waals surface area (Å²) in [6.07, 6.45) is 8.65. The zero-order valence-corrected chi connectivity index (χ0v) is 12.0. The van der Waals surface area contributed by atoms with E-state index in [9.17, 15) is 0 Å². The molecule has 2 bridgehead atoms. The highest BCUT2D eigenvalue weighted by atomic mass is 15.2. The highest BCUT2D eigenvalue weighted by Crippen LogP contribution is 2.33. The molecule has 2 saturated heterocycles. The molecule has 0 saturated carbocycles. The lowest BCUT2D eigenvalue weighted by Gasteiger charge is -2.47. The summed E-state index contributed by atoms with van der Waals surface area (Å²) in [5.74, 6) is 0. The standard InChI is InChI=1S/C16H25N3/c1-12(16-8-3-4-9-17-16)18-13-10-14-6-5-7-15(11-13)19(14)2/h3-4,8-9,12-15,18H,5-7,10-11H2,1-2H3. The second kappa shape index (κ2) is 5.59. The van der Waals surface area contributed by atoms with E-state index < -0.39 is 0 Å². The van der Waals surface area contributed by atoms with E-state index in [4.69, 9.17) is 0 Å². The van der Waals surface area contributed by atoms with Crippen molar-refractivity contribution < 1.29 is 0 Å². The Morgan fingerprint density at radius 1 is 1.26 bits per heavy atom. The van der Waals surface area contributed by atoms with Crippen LogP contribution in [0.4, 0.5) is 0 Å². The molecule has 3 heteroatoms. The lowest BCUT2D eigenvalue weighted by molar-refractivity contribution is 0.0461. The van der Waals surface area contributed by atoms with E-state index in [-0.39, 0.29) is 0 Å². The normalized spacial score (nSPS) is 33.1. The average molecular weight is 259 g/mol. The van der Waals surface area contributed by atoms with Gasteiger partial charge in [-0.1, -0.05) is 12.5 Å². The van der Waals surface area contributed by atoms with Crippen LogP contribution in [0.5, 0.6) is 0 Å². The molecule has 0 amide bonds. The minimum atomic E-state index is 0.357. The zero-order chi connectivity index (χ0) is 13.2. The highest BCUT2D eigenvalue weighted by molar-refractivity contribution is 5.08. The number of nitrogens with zero attached hydrogens (tertiary/aromatic N) is 2. The Balaban J connectivity index is 1.62. The number of fused-ring (bicyclic) bond motifs is 2. The largest absolute Gasteiger partial charge is 0.306 e. The summed E-state index contributed by atoms with van der Waals surface area (Å²) in [6, 6.07) is 8.77. The van der Waals surface area contributed by atoms with Gasteiger partial charge >= 0.3 is 0 Å². The molecule has 2 aliphatic rings. The molecule has 3 atom stereocenters. The van der Waals surface area contributed by atoms with Crippen molar-refractivity contribution in [3.05, 3.63) is 30.1 Å². The van der Waals surface area contributed by atoms with Crippen LogP contribution in [0.25, 0.3) is 0 Å². The number of rotatable bonds is 3. The third kappa shape index (κ3) is 2.82. The molecular formula is C16H25N3. The van der Waals surface area contributed by atoms with Gasteiger partial charge in [0.25, 0.3) is 0 Å². The van der Waals surface area contributed by atoms with Gasteiger partial charge in [-0.3, -0.25) is 4.98 Å². The van der Waals surface area contributed by atoms with Crippen LogP contribution in [0.3, 0.4) is 0 Å². The molecule has 2 fully saturated rings. The molecule has 3 rings (SSSR count). The van der Waals surface area contributed by atoms with Gasteiger partial charge in [-0.15, -0.1) is 0 Å². The Morgan fingerprint density at radius 3 is 2.63 bits per heavy atom. The average Bonchev–Trinajstić information content (AvgIpc) is 2.41. The first kappa shape index (κ1) is 13.1. The van der Waals surface area contributed by atoms with Crippen LogP contribution >= 0.6 is 0 Å². The van der Waals surface area contributed by atoms with Gasteiger partial charge in [0, 0.05) is 30.4 Å². The number of pyridine rings is 1. The van der Waals surface area contributed by atoms with Gasteiger partial charge < -0.3 is 10.2 Å². The van der Waals surface area contributed by atoms with Gasteiger partial charge in [-0.05, 0) is 51.8 Å². The topological polar surface area (TPSA) is 28.2 Å². The Morgan fingerprint density at radius 2 is 2.00 bits per heavy atom. The Kier molecular flexibility index (Phi) is 3.85. The van der Waals surface area contributed by atoms with Crippen molar-refractivity contribution in [3.8, 4) is 0 Å². The van der Waals surface area contributed by atoms with Crippen molar-refractivity contribution in [2.45, 2.75) is 63.2 Å². The molecule has 104 valence electrons. The van der Waals surface area contributed by atoms with E-state index in [1.54, 1.807) is 0 Å². The number of piperidine rings is 2. The maximum Gasteiger partial charge on any atom is 0.0570 e. The third-order valence-electron chi connectivity index (χ3n) is 4.96. The Hall–Kier alpha value is -0.930. The number of hydrogen-bond acceptors (Lipinski definition) is 3. The van der Waals surface area contributed by atoms with Crippen molar-refractivity contribution in [2.75, 3.05) is 7.05 Å². The van der Waals surface area contributed by atoms with Gasteiger partial charge in [0.05, 0.1) is 5.69 Å². The summed E-state index contributed by atoms with van der Waals surface area (Å²) >= 11 is 0. The maximum absolute atomic E-state index is 4.46. The van der Waals surface area contributed by atoms with Crippen LogP contribution in [0.2, 0.25) is 0 Å². The van der Waals surface area contributed by atoms with Crippen molar-refractivity contribution >= 4 is 0 Å². The molecule has 1 aromatic heterocycles.